The Morgan fingerprint density at radius 2 is 2.10 bits per heavy atom. The molecule has 1 aromatic carbocycles. The molecular formula is C14H17F2NO4. The summed E-state index contributed by atoms with van der Waals surface area (Å²) in [6, 6.07) is 5.71. The van der Waals surface area contributed by atoms with Crippen LogP contribution in [0.1, 0.15) is 12.0 Å². The maximum atomic E-state index is 12.1. The second-order valence-corrected chi connectivity index (χ2v) is 4.88. The molecule has 1 aromatic rings. The number of esters is 1. The Morgan fingerprint density at radius 3 is 2.67 bits per heavy atom. The van der Waals surface area contributed by atoms with Gasteiger partial charge < -0.3 is 14.6 Å². The Hall–Kier alpha value is -1.73. The third kappa shape index (κ3) is 4.12. The number of β-amino-alcohol motifs (C(OH)–C–C–N with tert-alkyl or cyclic N) is 1. The van der Waals surface area contributed by atoms with Gasteiger partial charge in [0.2, 0.25) is 0 Å². The molecule has 0 bridgehead atoms. The first-order valence-corrected chi connectivity index (χ1v) is 6.53. The molecule has 0 amide bonds. The number of hydrogen-bond donors (Lipinski definition) is 1. The number of aliphatic hydroxyl groups is 1. The number of halogens is 2. The smallest absolute Gasteiger partial charge is 0.387 e. The Balaban J connectivity index is 2.01. The molecule has 21 heavy (non-hydrogen) atoms. The van der Waals surface area contributed by atoms with Gasteiger partial charge in [0.25, 0.3) is 0 Å². The third-order valence-corrected chi connectivity index (χ3v) is 3.39. The Labute approximate surface area is 121 Å². The fraction of sp³-hybridized carbons (Fsp3) is 0.500. The van der Waals surface area contributed by atoms with Crippen LogP contribution < -0.4 is 4.74 Å². The number of ether oxygens (including phenoxy) is 2. The fourth-order valence-electron chi connectivity index (χ4n) is 2.45. The van der Waals surface area contributed by atoms with Crippen molar-refractivity contribution in [2.75, 3.05) is 13.7 Å². The van der Waals surface area contributed by atoms with Crippen molar-refractivity contribution in [3.63, 3.8) is 0 Å². The van der Waals surface area contributed by atoms with Crippen LogP contribution in [-0.4, -0.2) is 48.4 Å². The van der Waals surface area contributed by atoms with Crippen molar-refractivity contribution in [2.45, 2.75) is 31.7 Å². The van der Waals surface area contributed by atoms with Gasteiger partial charge >= 0.3 is 12.6 Å². The van der Waals surface area contributed by atoms with Gasteiger partial charge in [0.1, 0.15) is 11.8 Å². The van der Waals surface area contributed by atoms with Crippen molar-refractivity contribution in [2.24, 2.45) is 0 Å². The summed E-state index contributed by atoms with van der Waals surface area (Å²) >= 11 is 0. The van der Waals surface area contributed by atoms with E-state index in [2.05, 4.69) is 4.74 Å². The van der Waals surface area contributed by atoms with Gasteiger partial charge in [-0.2, -0.15) is 8.78 Å². The van der Waals surface area contributed by atoms with Gasteiger partial charge in [-0.1, -0.05) is 12.1 Å². The first kappa shape index (κ1) is 15.7. The van der Waals surface area contributed by atoms with Crippen molar-refractivity contribution in [1.29, 1.82) is 0 Å². The van der Waals surface area contributed by atoms with Gasteiger partial charge in [-0.3, -0.25) is 9.69 Å². The summed E-state index contributed by atoms with van der Waals surface area (Å²) in [6.07, 6.45) is -0.241. The number of alkyl halides is 2. The fourth-order valence-corrected chi connectivity index (χ4v) is 2.45. The van der Waals surface area contributed by atoms with E-state index in [4.69, 9.17) is 4.74 Å². The molecule has 7 heteroatoms. The SMILES string of the molecule is COC(=O)[C@H]1C[C@@H](O)CN1Cc1ccc(OC(F)F)cc1. The van der Waals surface area contributed by atoms with Crippen LogP contribution in [0, 0.1) is 0 Å². The van der Waals surface area contributed by atoms with E-state index in [9.17, 15) is 18.7 Å². The summed E-state index contributed by atoms with van der Waals surface area (Å²) in [5, 5.41) is 9.68. The summed E-state index contributed by atoms with van der Waals surface area (Å²) < 4.78 is 33.1. The zero-order valence-corrected chi connectivity index (χ0v) is 11.5. The number of rotatable bonds is 5. The Kier molecular flexibility index (Phi) is 5.08. The maximum absolute atomic E-state index is 12.1. The molecule has 1 heterocycles. The van der Waals surface area contributed by atoms with E-state index >= 15 is 0 Å². The predicted molar refractivity (Wildman–Crippen MR) is 69.9 cm³/mol. The van der Waals surface area contributed by atoms with Crippen molar-refractivity contribution in [3.8, 4) is 5.75 Å². The average molecular weight is 301 g/mol. The number of hydrogen-bond acceptors (Lipinski definition) is 5. The largest absolute Gasteiger partial charge is 0.468 e. The van der Waals surface area contributed by atoms with Crippen LogP contribution in [0.25, 0.3) is 0 Å². The van der Waals surface area contributed by atoms with E-state index in [1.807, 2.05) is 0 Å². The Morgan fingerprint density at radius 1 is 1.43 bits per heavy atom. The molecule has 116 valence electrons. The van der Waals surface area contributed by atoms with Gasteiger partial charge in [0, 0.05) is 19.5 Å². The molecule has 0 radical (unpaired) electrons. The molecule has 5 nitrogen and oxygen atoms in total. The lowest BCUT2D eigenvalue weighted by molar-refractivity contribution is -0.146. The van der Waals surface area contributed by atoms with Gasteiger partial charge in [-0.05, 0) is 17.7 Å². The molecule has 0 aliphatic carbocycles. The van der Waals surface area contributed by atoms with Crippen molar-refractivity contribution in [1.82, 2.24) is 4.90 Å². The minimum absolute atomic E-state index is 0.0831. The summed E-state index contributed by atoms with van der Waals surface area (Å²) in [7, 11) is 1.31. The molecule has 1 aliphatic heterocycles. The summed E-state index contributed by atoms with van der Waals surface area (Å²) in [5.41, 5.74) is 0.833. The van der Waals surface area contributed by atoms with E-state index in [-0.39, 0.29) is 11.7 Å². The number of benzene rings is 1. The van der Waals surface area contributed by atoms with Crippen LogP contribution in [0.2, 0.25) is 0 Å². The molecule has 0 spiro atoms. The average Bonchev–Trinajstić information content (AvgIpc) is 2.80. The molecule has 1 saturated heterocycles. The van der Waals surface area contributed by atoms with Gasteiger partial charge in [-0.15, -0.1) is 0 Å². The zero-order chi connectivity index (χ0) is 15.4. The normalized spacial score (nSPS) is 22.5. The molecule has 1 N–H and O–H groups in total. The lowest BCUT2D eigenvalue weighted by Crippen LogP contribution is -2.36. The quantitative estimate of drug-likeness (QED) is 0.833. The molecule has 1 fully saturated rings. The van der Waals surface area contributed by atoms with Crippen LogP contribution >= 0.6 is 0 Å². The Bertz CT molecular complexity index is 480. The summed E-state index contributed by atoms with van der Waals surface area (Å²) in [6.45, 7) is -2.06. The van der Waals surface area contributed by atoms with E-state index in [1.165, 1.54) is 19.2 Å². The van der Waals surface area contributed by atoms with Crippen LogP contribution in [0.3, 0.4) is 0 Å². The van der Waals surface area contributed by atoms with Crippen LogP contribution in [0.15, 0.2) is 24.3 Å². The second kappa shape index (κ2) is 6.82. The van der Waals surface area contributed by atoms with Gasteiger partial charge in [0.15, 0.2) is 0 Å². The molecule has 0 saturated carbocycles. The number of nitrogens with zero attached hydrogens (tertiary/aromatic N) is 1. The van der Waals surface area contributed by atoms with E-state index in [0.29, 0.717) is 19.5 Å². The van der Waals surface area contributed by atoms with Crippen molar-refractivity contribution < 1.29 is 28.2 Å². The highest BCUT2D eigenvalue weighted by molar-refractivity contribution is 5.76. The molecule has 1 aliphatic rings. The van der Waals surface area contributed by atoms with Gasteiger partial charge in [-0.25, -0.2) is 0 Å². The molecule has 2 rings (SSSR count). The number of carbonyl (C=O) groups is 1. The van der Waals surface area contributed by atoms with E-state index in [1.54, 1.807) is 17.0 Å². The molecule has 0 aromatic heterocycles. The first-order chi connectivity index (χ1) is 9.99. The van der Waals surface area contributed by atoms with E-state index < -0.39 is 18.8 Å². The lowest BCUT2D eigenvalue weighted by atomic mass is 10.1. The van der Waals surface area contributed by atoms with Crippen LogP contribution in [0.5, 0.6) is 5.75 Å². The van der Waals surface area contributed by atoms with Gasteiger partial charge in [0.05, 0.1) is 13.2 Å². The number of aliphatic hydroxyl groups excluding tert-OH is 1. The van der Waals surface area contributed by atoms with E-state index in [0.717, 1.165) is 5.56 Å². The molecule has 0 unspecified atom stereocenters. The minimum atomic E-state index is -2.85. The van der Waals surface area contributed by atoms with Crippen LogP contribution in [0.4, 0.5) is 8.78 Å². The summed E-state index contributed by atoms with van der Waals surface area (Å²) in [5.74, 6) is -0.302. The highest BCUT2D eigenvalue weighted by Gasteiger charge is 2.36. The number of likely N-dealkylation sites (tertiary alicyclic amines) is 1. The topological polar surface area (TPSA) is 59.0 Å². The molecule has 2 atom stereocenters. The van der Waals surface area contributed by atoms with Crippen LogP contribution in [-0.2, 0) is 16.1 Å². The monoisotopic (exact) mass is 301 g/mol. The highest BCUT2D eigenvalue weighted by Crippen LogP contribution is 2.23. The number of methoxy groups -OCH3 is 1. The zero-order valence-electron chi connectivity index (χ0n) is 11.5. The minimum Gasteiger partial charge on any atom is -0.468 e. The lowest BCUT2D eigenvalue weighted by Gasteiger charge is -2.22. The van der Waals surface area contributed by atoms with Crippen molar-refractivity contribution >= 4 is 5.97 Å². The predicted octanol–water partition coefficient (Wildman–Crippen LogP) is 1.40. The van der Waals surface area contributed by atoms with Crippen molar-refractivity contribution in [3.05, 3.63) is 29.8 Å². The number of carbonyl (C=O) groups excluding carboxylic acids is 1. The summed E-state index contributed by atoms with van der Waals surface area (Å²) in [4.78, 5) is 13.5. The maximum Gasteiger partial charge on any atom is 0.387 e. The highest BCUT2D eigenvalue weighted by atomic mass is 19.3. The third-order valence-electron chi connectivity index (χ3n) is 3.39. The standard InChI is InChI=1S/C14H17F2NO4/c1-20-13(19)12-6-10(18)8-17(12)7-9-2-4-11(5-3-9)21-14(15)16/h2-5,10,12,14,18H,6-8H2,1H3/t10-,12-/m1/s1. The second-order valence-electron chi connectivity index (χ2n) is 4.88. The molecular weight excluding hydrogens is 284 g/mol. The first-order valence-electron chi connectivity index (χ1n) is 6.53.